The molecular formula is C29H21Cl2N5O3S2. The van der Waals surface area contributed by atoms with Crippen molar-refractivity contribution >= 4 is 74.5 Å². The molecule has 0 spiro atoms. The highest BCUT2D eigenvalue weighted by Crippen LogP contribution is 2.44. The van der Waals surface area contributed by atoms with E-state index in [1.165, 1.54) is 28.0 Å². The molecule has 1 amide bonds. The second-order valence-corrected chi connectivity index (χ2v) is 12.5. The van der Waals surface area contributed by atoms with Crippen LogP contribution in [0.4, 0.5) is 5.13 Å². The molecule has 0 radical (unpaired) electrons. The number of benzene rings is 2. The molecule has 1 saturated heterocycles. The van der Waals surface area contributed by atoms with Crippen LogP contribution in [0.5, 0.6) is 0 Å². The largest absolute Gasteiger partial charge is 0.505 e. The van der Waals surface area contributed by atoms with Crippen LogP contribution in [-0.2, 0) is 15.3 Å². The maximum atomic E-state index is 13.6. The number of nitrogens with zero attached hydrogens (tertiary/aromatic N) is 5. The summed E-state index contributed by atoms with van der Waals surface area (Å²) >= 11 is 15.0. The van der Waals surface area contributed by atoms with Gasteiger partial charge in [0, 0.05) is 22.0 Å². The lowest BCUT2D eigenvalue weighted by Gasteiger charge is -2.22. The average molecular weight is 623 g/mol. The quantitative estimate of drug-likeness (QED) is 0.0714. The topological polar surface area (TPSA) is 101 Å². The summed E-state index contributed by atoms with van der Waals surface area (Å²) in [4.78, 5) is 33.0. The molecule has 8 nitrogen and oxygen atoms in total. The van der Waals surface area contributed by atoms with Gasteiger partial charge in [-0.3, -0.25) is 14.5 Å². The number of rotatable bonds is 6. The van der Waals surface area contributed by atoms with Crippen LogP contribution >= 0.6 is 46.3 Å². The lowest BCUT2D eigenvalue weighted by Crippen LogP contribution is -2.29. The molecule has 1 N–H and O–H groups in total. The van der Waals surface area contributed by atoms with Crippen LogP contribution < -0.4 is 4.90 Å². The van der Waals surface area contributed by atoms with Crippen molar-refractivity contribution in [1.82, 2.24) is 19.6 Å². The highest BCUT2D eigenvalue weighted by molar-refractivity contribution is 8.00. The number of pyridine rings is 1. The fourth-order valence-corrected chi connectivity index (χ4v) is 6.93. The number of ketones is 1. The van der Waals surface area contributed by atoms with Crippen molar-refractivity contribution < 1.29 is 14.7 Å². The Balaban J connectivity index is 1.43. The van der Waals surface area contributed by atoms with E-state index in [0.29, 0.717) is 37.0 Å². The second-order valence-electron chi connectivity index (χ2n) is 9.42. The van der Waals surface area contributed by atoms with Crippen molar-refractivity contribution in [1.29, 1.82) is 0 Å². The number of aromatic nitrogens is 4. The first kappa shape index (κ1) is 27.5. The molecule has 4 heterocycles. The van der Waals surface area contributed by atoms with Crippen LogP contribution in [-0.4, -0.2) is 36.4 Å². The molecule has 5 aromatic rings. The van der Waals surface area contributed by atoms with Crippen molar-refractivity contribution in [2.24, 2.45) is 0 Å². The number of carbonyl (C=O) groups excluding carboxylic acids is 2. The molecule has 1 atom stereocenters. The zero-order chi connectivity index (χ0) is 28.8. The standard InChI is InChI=1S/C29H21Cl2N5O3S2/c1-15-5-4-12-35-16(2)22(32-26(15)35)24(37)21-23(18-6-3-7-20(31)13-18)36(27(39)25(21)38)28-33-34-29(41-28)40-14-17-8-10-19(30)11-9-17/h3-13,23,37H,14H2,1-2H3. The summed E-state index contributed by atoms with van der Waals surface area (Å²) in [5.41, 5.74) is 3.90. The number of amides is 1. The Hall–Kier alpha value is -3.70. The van der Waals surface area contributed by atoms with Gasteiger partial charge < -0.3 is 9.51 Å². The number of anilines is 1. The Morgan fingerprint density at radius 3 is 2.54 bits per heavy atom. The van der Waals surface area contributed by atoms with Crippen LogP contribution in [0.2, 0.25) is 10.0 Å². The first-order valence-electron chi connectivity index (χ1n) is 12.4. The zero-order valence-corrected chi connectivity index (χ0v) is 24.9. The van der Waals surface area contributed by atoms with Gasteiger partial charge in [-0.05, 0) is 60.9 Å². The Labute approximate surface area is 253 Å². The van der Waals surface area contributed by atoms with E-state index in [-0.39, 0.29) is 22.2 Å². The summed E-state index contributed by atoms with van der Waals surface area (Å²) in [6.45, 7) is 3.71. The lowest BCUT2D eigenvalue weighted by atomic mass is 9.96. The Morgan fingerprint density at radius 2 is 1.80 bits per heavy atom. The van der Waals surface area contributed by atoms with Gasteiger partial charge in [0.25, 0.3) is 5.78 Å². The van der Waals surface area contributed by atoms with E-state index in [0.717, 1.165) is 11.1 Å². The first-order valence-corrected chi connectivity index (χ1v) is 15.0. The molecule has 0 saturated carbocycles. The monoisotopic (exact) mass is 621 g/mol. The first-order chi connectivity index (χ1) is 19.7. The third-order valence-corrected chi connectivity index (χ3v) is 9.41. The highest BCUT2D eigenvalue weighted by Gasteiger charge is 2.49. The number of thioether (sulfide) groups is 1. The summed E-state index contributed by atoms with van der Waals surface area (Å²) in [5, 5.41) is 21.4. The van der Waals surface area contributed by atoms with E-state index >= 15 is 0 Å². The van der Waals surface area contributed by atoms with E-state index in [4.69, 9.17) is 23.2 Å². The molecule has 6 rings (SSSR count). The molecule has 1 unspecified atom stereocenters. The van der Waals surface area contributed by atoms with E-state index in [1.807, 2.05) is 53.9 Å². The molecular weight excluding hydrogens is 601 g/mol. The number of aryl methyl sites for hydroxylation is 2. The molecule has 0 aliphatic carbocycles. The number of aliphatic hydroxyl groups is 1. The van der Waals surface area contributed by atoms with Gasteiger partial charge >= 0.3 is 5.91 Å². The smallest absolute Gasteiger partial charge is 0.301 e. The van der Waals surface area contributed by atoms with Crippen LogP contribution in [0.15, 0.2) is 76.8 Å². The van der Waals surface area contributed by atoms with Gasteiger partial charge in [0.2, 0.25) is 5.13 Å². The number of halogens is 2. The van der Waals surface area contributed by atoms with Crippen molar-refractivity contribution in [2.75, 3.05) is 4.90 Å². The zero-order valence-electron chi connectivity index (χ0n) is 21.7. The number of hydrogen-bond acceptors (Lipinski definition) is 8. The maximum Gasteiger partial charge on any atom is 0.301 e. The van der Waals surface area contributed by atoms with Gasteiger partial charge in [0.1, 0.15) is 11.3 Å². The third kappa shape index (κ3) is 5.01. The van der Waals surface area contributed by atoms with Crippen LogP contribution in [0, 0.1) is 13.8 Å². The highest BCUT2D eigenvalue weighted by atomic mass is 35.5. The Kier molecular flexibility index (Phi) is 7.33. The summed E-state index contributed by atoms with van der Waals surface area (Å²) in [6.07, 6.45) is 1.83. The molecule has 1 aliphatic rings. The Morgan fingerprint density at radius 1 is 1.02 bits per heavy atom. The summed E-state index contributed by atoms with van der Waals surface area (Å²) in [5.74, 6) is -1.40. The summed E-state index contributed by atoms with van der Waals surface area (Å²) < 4.78 is 2.46. The van der Waals surface area contributed by atoms with Crippen molar-refractivity contribution in [3.8, 4) is 0 Å². The summed E-state index contributed by atoms with van der Waals surface area (Å²) in [7, 11) is 0. The van der Waals surface area contributed by atoms with E-state index < -0.39 is 17.7 Å². The lowest BCUT2D eigenvalue weighted by molar-refractivity contribution is -0.132. The van der Waals surface area contributed by atoms with Gasteiger partial charge in [-0.25, -0.2) is 4.98 Å². The molecule has 1 fully saturated rings. The van der Waals surface area contributed by atoms with E-state index in [1.54, 1.807) is 31.2 Å². The fraction of sp³-hybridized carbons (Fsp3) is 0.138. The average Bonchev–Trinajstić information content (AvgIpc) is 3.63. The molecule has 1 aliphatic heterocycles. The van der Waals surface area contributed by atoms with E-state index in [9.17, 15) is 14.7 Å². The fourth-order valence-electron chi connectivity index (χ4n) is 4.78. The normalized spacial score (nSPS) is 16.7. The van der Waals surface area contributed by atoms with Crippen LogP contribution in [0.25, 0.3) is 11.4 Å². The number of aliphatic hydroxyl groups excluding tert-OH is 1. The van der Waals surface area contributed by atoms with Gasteiger partial charge in [0.05, 0.1) is 17.3 Å². The molecule has 41 heavy (non-hydrogen) atoms. The van der Waals surface area contributed by atoms with Crippen molar-refractivity contribution in [3.05, 3.63) is 111 Å². The minimum absolute atomic E-state index is 0.0907. The van der Waals surface area contributed by atoms with Crippen molar-refractivity contribution in [3.63, 3.8) is 0 Å². The number of Topliss-reactive ketones (excluding diaryl/α,β-unsaturated/α-hetero) is 1. The predicted octanol–water partition coefficient (Wildman–Crippen LogP) is 7.03. The van der Waals surface area contributed by atoms with Crippen LogP contribution in [0.1, 0.15) is 34.1 Å². The molecule has 12 heteroatoms. The number of fused-ring (bicyclic) bond motifs is 1. The number of carbonyl (C=O) groups is 2. The molecule has 3 aromatic heterocycles. The van der Waals surface area contributed by atoms with E-state index in [2.05, 4.69) is 15.2 Å². The predicted molar refractivity (Wildman–Crippen MR) is 162 cm³/mol. The van der Waals surface area contributed by atoms with Crippen molar-refractivity contribution in [2.45, 2.75) is 30.0 Å². The number of hydrogen-bond donors (Lipinski definition) is 1. The minimum Gasteiger partial charge on any atom is -0.505 e. The SMILES string of the molecule is Cc1cccn2c(C)c(C(O)=C3C(=O)C(=O)N(c4nnc(SCc5ccc(Cl)cc5)s4)C3c3cccc(Cl)c3)nc12. The molecule has 0 bridgehead atoms. The van der Waals surface area contributed by atoms with Gasteiger partial charge in [-0.15, -0.1) is 10.2 Å². The maximum absolute atomic E-state index is 13.6. The molecule has 206 valence electrons. The number of imidazole rings is 1. The van der Waals surface area contributed by atoms with Gasteiger partial charge in [-0.1, -0.05) is 76.6 Å². The summed E-state index contributed by atoms with van der Waals surface area (Å²) in [6, 6.07) is 17.1. The van der Waals surface area contributed by atoms with Gasteiger partial charge in [0.15, 0.2) is 10.1 Å². The van der Waals surface area contributed by atoms with Crippen LogP contribution in [0.3, 0.4) is 0 Å². The molecule has 2 aromatic carbocycles. The minimum atomic E-state index is -0.985. The third-order valence-electron chi connectivity index (χ3n) is 6.79. The Bertz CT molecular complexity index is 1870. The second kappa shape index (κ2) is 10.9. The van der Waals surface area contributed by atoms with Gasteiger partial charge in [-0.2, -0.15) is 0 Å².